The number of nitrogens with zero attached hydrogens (tertiary/aromatic N) is 2. The zero-order valence-corrected chi connectivity index (χ0v) is 14.5. The highest BCUT2D eigenvalue weighted by Crippen LogP contribution is 2.31. The number of fused-ring (bicyclic) bond motifs is 1. The van der Waals surface area contributed by atoms with Crippen molar-refractivity contribution >= 4 is 16.6 Å². The predicted octanol–water partition coefficient (Wildman–Crippen LogP) is 4.14. The third-order valence-corrected chi connectivity index (χ3v) is 4.52. The summed E-state index contributed by atoms with van der Waals surface area (Å²) in [4.78, 5) is 9.13. The minimum Gasteiger partial charge on any atom is -0.497 e. The molecule has 1 aromatic carbocycles. The zero-order valence-electron chi connectivity index (χ0n) is 14.5. The standard InChI is InChI=1S/C20H21N3O2/c1-24-17-5-14(6-18(9-17)25-2)19-7-15-12-23-20(8-16(15)11-21-19)22-10-13-3-4-13/h5-9,11-13H,3-4,10H2,1-2H3,(H,22,23). The number of nitrogens with one attached hydrogen (secondary N) is 1. The molecule has 4 rings (SSSR count). The van der Waals surface area contributed by atoms with Gasteiger partial charge in [-0.2, -0.15) is 0 Å². The summed E-state index contributed by atoms with van der Waals surface area (Å²) < 4.78 is 10.7. The quantitative estimate of drug-likeness (QED) is 0.734. The lowest BCUT2D eigenvalue weighted by molar-refractivity contribution is 0.394. The number of benzene rings is 1. The van der Waals surface area contributed by atoms with Crippen LogP contribution >= 0.6 is 0 Å². The van der Waals surface area contributed by atoms with Crippen LogP contribution < -0.4 is 14.8 Å². The van der Waals surface area contributed by atoms with Crippen LogP contribution in [0.4, 0.5) is 5.82 Å². The largest absolute Gasteiger partial charge is 0.497 e. The van der Waals surface area contributed by atoms with Gasteiger partial charge in [0.2, 0.25) is 0 Å². The van der Waals surface area contributed by atoms with Crippen LogP contribution in [0.2, 0.25) is 0 Å². The molecule has 1 saturated carbocycles. The smallest absolute Gasteiger partial charge is 0.126 e. The molecule has 0 radical (unpaired) electrons. The first-order valence-electron chi connectivity index (χ1n) is 8.48. The van der Waals surface area contributed by atoms with Gasteiger partial charge in [0.15, 0.2) is 0 Å². The third kappa shape index (κ3) is 3.50. The second-order valence-electron chi connectivity index (χ2n) is 6.41. The first-order valence-corrected chi connectivity index (χ1v) is 8.48. The van der Waals surface area contributed by atoms with E-state index in [-0.39, 0.29) is 0 Å². The van der Waals surface area contributed by atoms with E-state index < -0.39 is 0 Å². The molecule has 1 fully saturated rings. The van der Waals surface area contributed by atoms with E-state index in [9.17, 15) is 0 Å². The van der Waals surface area contributed by atoms with Gasteiger partial charge in [0.1, 0.15) is 17.3 Å². The lowest BCUT2D eigenvalue weighted by Crippen LogP contribution is -2.04. The maximum absolute atomic E-state index is 5.34. The highest BCUT2D eigenvalue weighted by Gasteiger charge is 2.20. The fourth-order valence-corrected chi connectivity index (χ4v) is 2.82. The number of methoxy groups -OCH3 is 2. The molecular weight excluding hydrogens is 314 g/mol. The van der Waals surface area contributed by atoms with Crippen molar-refractivity contribution < 1.29 is 9.47 Å². The van der Waals surface area contributed by atoms with Gasteiger partial charge in [0, 0.05) is 41.3 Å². The van der Waals surface area contributed by atoms with Crippen LogP contribution in [0.5, 0.6) is 11.5 Å². The lowest BCUT2D eigenvalue weighted by atomic mass is 10.1. The Morgan fingerprint density at radius 2 is 1.60 bits per heavy atom. The van der Waals surface area contributed by atoms with Gasteiger partial charge in [-0.25, -0.2) is 4.98 Å². The Labute approximate surface area is 147 Å². The van der Waals surface area contributed by atoms with E-state index in [0.29, 0.717) is 0 Å². The van der Waals surface area contributed by atoms with Gasteiger partial charge >= 0.3 is 0 Å². The summed E-state index contributed by atoms with van der Waals surface area (Å²) in [5.41, 5.74) is 1.82. The maximum Gasteiger partial charge on any atom is 0.126 e. The number of pyridine rings is 2. The van der Waals surface area contributed by atoms with Crippen LogP contribution in [0, 0.1) is 5.92 Å². The van der Waals surface area contributed by atoms with Crippen molar-refractivity contribution in [2.45, 2.75) is 12.8 Å². The number of hydrogen-bond donors (Lipinski definition) is 1. The number of aromatic nitrogens is 2. The molecule has 0 aliphatic heterocycles. The molecule has 0 atom stereocenters. The molecule has 128 valence electrons. The predicted molar refractivity (Wildman–Crippen MR) is 99.3 cm³/mol. The Kier molecular flexibility index (Phi) is 4.14. The van der Waals surface area contributed by atoms with Gasteiger partial charge < -0.3 is 14.8 Å². The van der Waals surface area contributed by atoms with Crippen LogP contribution in [-0.4, -0.2) is 30.7 Å². The summed E-state index contributed by atoms with van der Waals surface area (Å²) in [5.74, 6) is 3.22. The van der Waals surface area contributed by atoms with E-state index in [0.717, 1.165) is 51.8 Å². The molecule has 1 N–H and O–H groups in total. The normalized spacial score (nSPS) is 13.7. The van der Waals surface area contributed by atoms with Crippen LogP contribution in [0.15, 0.2) is 42.7 Å². The van der Waals surface area contributed by atoms with E-state index >= 15 is 0 Å². The second-order valence-corrected chi connectivity index (χ2v) is 6.41. The van der Waals surface area contributed by atoms with Crippen LogP contribution in [0.1, 0.15) is 12.8 Å². The number of anilines is 1. The van der Waals surface area contributed by atoms with E-state index in [1.165, 1.54) is 12.8 Å². The van der Waals surface area contributed by atoms with Crippen molar-refractivity contribution in [3.8, 4) is 22.8 Å². The first-order chi connectivity index (χ1) is 12.2. The summed E-state index contributed by atoms with van der Waals surface area (Å²) in [7, 11) is 3.29. The van der Waals surface area contributed by atoms with E-state index in [1.807, 2.05) is 36.7 Å². The van der Waals surface area contributed by atoms with Gasteiger partial charge in [-0.05, 0) is 43.0 Å². The van der Waals surface area contributed by atoms with Gasteiger partial charge in [-0.3, -0.25) is 4.98 Å². The Balaban J connectivity index is 1.65. The minimum absolute atomic E-state index is 0.744. The average molecular weight is 335 g/mol. The van der Waals surface area contributed by atoms with Crippen molar-refractivity contribution in [3.05, 3.63) is 42.7 Å². The summed E-state index contributed by atoms with van der Waals surface area (Å²) in [6.07, 6.45) is 6.44. The number of hydrogen-bond acceptors (Lipinski definition) is 5. The summed E-state index contributed by atoms with van der Waals surface area (Å²) in [5, 5.41) is 5.54. The summed E-state index contributed by atoms with van der Waals surface area (Å²) in [6, 6.07) is 9.86. The highest BCUT2D eigenvalue weighted by molar-refractivity contribution is 5.86. The highest BCUT2D eigenvalue weighted by atomic mass is 16.5. The molecule has 0 spiro atoms. The van der Waals surface area contributed by atoms with Crippen molar-refractivity contribution in [2.24, 2.45) is 5.92 Å². The molecule has 0 amide bonds. The molecule has 5 nitrogen and oxygen atoms in total. The van der Waals surface area contributed by atoms with E-state index in [2.05, 4.69) is 21.4 Å². The van der Waals surface area contributed by atoms with Crippen molar-refractivity contribution in [1.82, 2.24) is 9.97 Å². The molecule has 1 aliphatic carbocycles. The molecule has 2 heterocycles. The first kappa shape index (κ1) is 15.7. The van der Waals surface area contributed by atoms with Gasteiger partial charge in [-0.15, -0.1) is 0 Å². The summed E-state index contributed by atoms with van der Waals surface area (Å²) >= 11 is 0. The number of rotatable bonds is 6. The van der Waals surface area contributed by atoms with Gasteiger partial charge in [0.25, 0.3) is 0 Å². The van der Waals surface area contributed by atoms with Crippen molar-refractivity contribution in [3.63, 3.8) is 0 Å². The molecule has 0 unspecified atom stereocenters. The number of ether oxygens (including phenoxy) is 2. The SMILES string of the molecule is COc1cc(OC)cc(-c2cc3cnc(NCC4CC4)cc3cn2)c1. The second kappa shape index (κ2) is 6.59. The van der Waals surface area contributed by atoms with Gasteiger partial charge in [0.05, 0.1) is 19.9 Å². The third-order valence-electron chi connectivity index (χ3n) is 4.52. The Bertz CT molecular complexity index is 884. The zero-order chi connectivity index (χ0) is 17.2. The van der Waals surface area contributed by atoms with Crippen LogP contribution in [0.25, 0.3) is 22.0 Å². The Morgan fingerprint density at radius 3 is 2.28 bits per heavy atom. The maximum atomic E-state index is 5.34. The molecule has 3 aromatic rings. The van der Waals surface area contributed by atoms with Crippen LogP contribution in [0.3, 0.4) is 0 Å². The fraction of sp³-hybridized carbons (Fsp3) is 0.300. The molecule has 5 heteroatoms. The van der Waals surface area contributed by atoms with Crippen LogP contribution in [-0.2, 0) is 0 Å². The Morgan fingerprint density at radius 1 is 0.920 bits per heavy atom. The molecule has 0 saturated heterocycles. The lowest BCUT2D eigenvalue weighted by Gasteiger charge is -2.09. The minimum atomic E-state index is 0.744. The average Bonchev–Trinajstić information content (AvgIpc) is 3.49. The van der Waals surface area contributed by atoms with Gasteiger partial charge in [-0.1, -0.05) is 0 Å². The van der Waals surface area contributed by atoms with Crippen molar-refractivity contribution in [2.75, 3.05) is 26.1 Å². The molecule has 2 aromatic heterocycles. The molecule has 0 bridgehead atoms. The topological polar surface area (TPSA) is 56.3 Å². The monoisotopic (exact) mass is 335 g/mol. The Hall–Kier alpha value is -2.82. The van der Waals surface area contributed by atoms with Crippen molar-refractivity contribution in [1.29, 1.82) is 0 Å². The molecule has 25 heavy (non-hydrogen) atoms. The molecule has 1 aliphatic rings. The summed E-state index contributed by atoms with van der Waals surface area (Å²) in [6.45, 7) is 1.01. The van der Waals surface area contributed by atoms with E-state index in [1.54, 1.807) is 14.2 Å². The fourth-order valence-electron chi connectivity index (χ4n) is 2.82. The van der Waals surface area contributed by atoms with E-state index in [4.69, 9.17) is 9.47 Å². The molecular formula is C20H21N3O2.